The van der Waals surface area contributed by atoms with E-state index >= 15 is 0 Å². The Morgan fingerprint density at radius 1 is 1.15 bits per heavy atom. The molecule has 0 radical (unpaired) electrons. The van der Waals surface area contributed by atoms with E-state index in [1.807, 2.05) is 19.1 Å². The summed E-state index contributed by atoms with van der Waals surface area (Å²) in [6.45, 7) is 10.1. The second-order valence-electron chi connectivity index (χ2n) is 8.93. The predicted molar refractivity (Wildman–Crippen MR) is 131 cm³/mol. The molecule has 9 heteroatoms. The molecule has 2 fully saturated rings. The number of aliphatic hydroxyl groups is 1. The van der Waals surface area contributed by atoms with Gasteiger partial charge < -0.3 is 29.5 Å². The fraction of sp³-hybridized carbons (Fsp3) is 0.600. The molecule has 0 aliphatic carbocycles. The molecular weight excluding hydrogens is 434 g/mol. The van der Waals surface area contributed by atoms with E-state index in [0.717, 1.165) is 75.1 Å². The summed E-state index contributed by atoms with van der Waals surface area (Å²) in [7, 11) is 0. The van der Waals surface area contributed by atoms with Gasteiger partial charge in [-0.25, -0.2) is 4.98 Å². The van der Waals surface area contributed by atoms with E-state index in [-0.39, 0.29) is 0 Å². The molecule has 186 valence electrons. The van der Waals surface area contributed by atoms with E-state index in [9.17, 15) is 5.11 Å². The van der Waals surface area contributed by atoms with E-state index < -0.39 is 5.60 Å². The Balaban J connectivity index is 1.27. The summed E-state index contributed by atoms with van der Waals surface area (Å²) in [6, 6.07) is 6.06. The lowest BCUT2D eigenvalue weighted by molar-refractivity contribution is 0.0258. The first kappa shape index (κ1) is 24.7. The monoisotopic (exact) mass is 471 g/mol. The van der Waals surface area contributed by atoms with E-state index in [0.29, 0.717) is 32.8 Å². The van der Waals surface area contributed by atoms with E-state index in [4.69, 9.17) is 14.2 Å². The van der Waals surface area contributed by atoms with Crippen LogP contribution in [0.1, 0.15) is 25.3 Å². The van der Waals surface area contributed by atoms with Crippen LogP contribution in [0.5, 0.6) is 11.5 Å². The minimum absolute atomic E-state index is 0.505. The molecule has 9 nitrogen and oxygen atoms in total. The van der Waals surface area contributed by atoms with Crippen LogP contribution in [0.15, 0.2) is 36.8 Å². The van der Waals surface area contributed by atoms with E-state index in [1.165, 1.54) is 0 Å². The molecule has 0 amide bonds. The van der Waals surface area contributed by atoms with Crippen molar-refractivity contribution in [1.29, 1.82) is 0 Å². The van der Waals surface area contributed by atoms with Gasteiger partial charge in [0.2, 0.25) is 0 Å². The standard InChI is InChI=1S/C25H37N5O4/c1-2-33-23-16-21(4-5-22(23)34-15-12-29-10-13-32-14-11-29)17-27-19-25(31)6-3-9-30(20-25)24-18-26-7-8-28-24/h4-5,7-8,16,18,27,31H,2-3,6,9-15,17,19-20H2,1H3/t25-/m1/s1. The van der Waals surface area contributed by atoms with Gasteiger partial charge in [0.1, 0.15) is 12.4 Å². The number of hydrogen-bond donors (Lipinski definition) is 2. The Hall–Kier alpha value is -2.46. The van der Waals surface area contributed by atoms with Gasteiger partial charge in [-0.2, -0.15) is 0 Å². The SMILES string of the molecule is CCOc1cc(CNC[C@]2(O)CCCN(c3cnccn3)C2)ccc1OCCN1CCOCC1. The minimum atomic E-state index is -0.805. The minimum Gasteiger partial charge on any atom is -0.490 e. The van der Waals surface area contributed by atoms with Crippen molar-refractivity contribution < 1.29 is 19.3 Å². The van der Waals surface area contributed by atoms with Gasteiger partial charge in [-0.05, 0) is 37.5 Å². The van der Waals surface area contributed by atoms with Crippen LogP contribution < -0.4 is 19.7 Å². The van der Waals surface area contributed by atoms with E-state index in [1.54, 1.807) is 18.6 Å². The number of piperidine rings is 1. The van der Waals surface area contributed by atoms with Gasteiger partial charge in [0, 0.05) is 58.2 Å². The van der Waals surface area contributed by atoms with Crippen molar-refractivity contribution in [2.75, 3.05) is 70.6 Å². The predicted octanol–water partition coefficient (Wildman–Crippen LogP) is 1.71. The van der Waals surface area contributed by atoms with Crippen LogP contribution in [0, 0.1) is 0 Å². The van der Waals surface area contributed by atoms with Crippen molar-refractivity contribution in [3.05, 3.63) is 42.4 Å². The summed E-state index contributed by atoms with van der Waals surface area (Å²) < 4.78 is 17.3. The fourth-order valence-electron chi connectivity index (χ4n) is 4.51. The Labute approximate surface area is 202 Å². The molecule has 1 atom stereocenters. The van der Waals surface area contributed by atoms with Gasteiger partial charge in [0.25, 0.3) is 0 Å². The Morgan fingerprint density at radius 3 is 2.82 bits per heavy atom. The summed E-state index contributed by atoms with van der Waals surface area (Å²) in [5.74, 6) is 2.34. The van der Waals surface area contributed by atoms with Gasteiger partial charge in [-0.1, -0.05) is 6.07 Å². The highest BCUT2D eigenvalue weighted by molar-refractivity contribution is 5.43. The molecule has 2 aromatic rings. The van der Waals surface area contributed by atoms with Crippen LogP contribution in [0.4, 0.5) is 5.82 Å². The largest absolute Gasteiger partial charge is 0.490 e. The highest BCUT2D eigenvalue weighted by Gasteiger charge is 2.33. The molecule has 2 aliphatic heterocycles. The Morgan fingerprint density at radius 2 is 2.03 bits per heavy atom. The molecule has 1 aromatic carbocycles. The third-order valence-corrected chi connectivity index (χ3v) is 6.29. The molecule has 0 spiro atoms. The first-order valence-corrected chi connectivity index (χ1v) is 12.3. The summed E-state index contributed by atoms with van der Waals surface area (Å²) in [5.41, 5.74) is 0.287. The number of nitrogens with one attached hydrogen (secondary N) is 1. The second-order valence-corrected chi connectivity index (χ2v) is 8.93. The summed E-state index contributed by atoms with van der Waals surface area (Å²) in [6.07, 6.45) is 6.78. The molecule has 2 aliphatic rings. The zero-order chi connectivity index (χ0) is 23.6. The molecule has 0 bridgehead atoms. The average Bonchev–Trinajstić information content (AvgIpc) is 2.86. The number of β-amino-alcohol motifs (C(OH)–C–C–N with tert-alkyl or cyclic N) is 1. The topological polar surface area (TPSA) is 92.2 Å². The fourth-order valence-corrected chi connectivity index (χ4v) is 4.51. The zero-order valence-corrected chi connectivity index (χ0v) is 20.1. The van der Waals surface area contributed by atoms with Crippen LogP contribution in [-0.2, 0) is 11.3 Å². The molecule has 4 rings (SSSR count). The van der Waals surface area contributed by atoms with Crippen molar-refractivity contribution in [2.24, 2.45) is 0 Å². The molecule has 0 saturated carbocycles. The summed E-state index contributed by atoms with van der Waals surface area (Å²) in [5, 5.41) is 14.6. The molecule has 1 aromatic heterocycles. The lowest BCUT2D eigenvalue weighted by atomic mass is 9.92. The van der Waals surface area contributed by atoms with Crippen molar-refractivity contribution in [1.82, 2.24) is 20.2 Å². The molecule has 2 N–H and O–H groups in total. The maximum Gasteiger partial charge on any atom is 0.161 e. The maximum absolute atomic E-state index is 11.2. The number of rotatable bonds is 11. The number of nitrogens with zero attached hydrogens (tertiary/aromatic N) is 4. The lowest BCUT2D eigenvalue weighted by Crippen LogP contribution is -2.53. The zero-order valence-electron chi connectivity index (χ0n) is 20.1. The molecule has 0 unspecified atom stereocenters. The number of hydrogen-bond acceptors (Lipinski definition) is 9. The highest BCUT2D eigenvalue weighted by atomic mass is 16.5. The van der Waals surface area contributed by atoms with Gasteiger partial charge in [0.15, 0.2) is 11.5 Å². The second kappa shape index (κ2) is 12.3. The van der Waals surface area contributed by atoms with Crippen molar-refractivity contribution in [3.8, 4) is 11.5 Å². The summed E-state index contributed by atoms with van der Waals surface area (Å²) >= 11 is 0. The van der Waals surface area contributed by atoms with Crippen molar-refractivity contribution in [2.45, 2.75) is 31.9 Å². The van der Waals surface area contributed by atoms with Crippen molar-refractivity contribution in [3.63, 3.8) is 0 Å². The molecule has 2 saturated heterocycles. The van der Waals surface area contributed by atoms with Crippen molar-refractivity contribution >= 4 is 5.82 Å². The van der Waals surface area contributed by atoms with Gasteiger partial charge in [0.05, 0.1) is 31.6 Å². The van der Waals surface area contributed by atoms with Crippen LogP contribution in [0.2, 0.25) is 0 Å². The normalized spacial score (nSPS) is 21.4. The quantitative estimate of drug-likeness (QED) is 0.508. The van der Waals surface area contributed by atoms with Gasteiger partial charge in [-0.3, -0.25) is 9.88 Å². The van der Waals surface area contributed by atoms with Crippen LogP contribution in [-0.4, -0.2) is 91.3 Å². The number of benzene rings is 1. The number of morpholine rings is 1. The lowest BCUT2D eigenvalue weighted by Gasteiger charge is -2.39. The third-order valence-electron chi connectivity index (χ3n) is 6.29. The van der Waals surface area contributed by atoms with E-state index in [2.05, 4.69) is 31.2 Å². The van der Waals surface area contributed by atoms with Gasteiger partial charge >= 0.3 is 0 Å². The first-order valence-electron chi connectivity index (χ1n) is 12.3. The number of aromatic nitrogens is 2. The van der Waals surface area contributed by atoms with Crippen LogP contribution in [0.25, 0.3) is 0 Å². The highest BCUT2D eigenvalue weighted by Crippen LogP contribution is 2.29. The number of ether oxygens (including phenoxy) is 3. The average molecular weight is 472 g/mol. The third kappa shape index (κ3) is 7.02. The Kier molecular flexibility index (Phi) is 8.92. The molecule has 3 heterocycles. The number of anilines is 1. The molecule has 34 heavy (non-hydrogen) atoms. The Bertz CT molecular complexity index is 881. The summed E-state index contributed by atoms with van der Waals surface area (Å²) in [4.78, 5) is 13.0. The molecular formula is C25H37N5O4. The van der Waals surface area contributed by atoms with Crippen LogP contribution >= 0.6 is 0 Å². The van der Waals surface area contributed by atoms with Gasteiger partial charge in [-0.15, -0.1) is 0 Å². The van der Waals surface area contributed by atoms with Crippen LogP contribution in [0.3, 0.4) is 0 Å². The maximum atomic E-state index is 11.2. The smallest absolute Gasteiger partial charge is 0.161 e. The first-order chi connectivity index (χ1) is 16.6.